The molecule has 2 atom stereocenters. The van der Waals surface area contributed by atoms with Crippen LogP contribution in [-0.2, 0) is 14.3 Å². The molecule has 0 aliphatic heterocycles. The number of ether oxygens (including phenoxy) is 1. The summed E-state index contributed by atoms with van der Waals surface area (Å²) in [6.45, 7) is 0. The molecule has 1 N–H and O–H groups in total. The molecule has 1 aliphatic rings. The van der Waals surface area contributed by atoms with Crippen LogP contribution in [0.15, 0.2) is 0 Å². The van der Waals surface area contributed by atoms with E-state index in [1.54, 1.807) is 0 Å². The van der Waals surface area contributed by atoms with Gasteiger partial charge in [-0.1, -0.05) is 0 Å². The van der Waals surface area contributed by atoms with E-state index in [2.05, 4.69) is 4.74 Å². The fraction of sp³-hybridized carbons (Fsp3) is 0.714. The van der Waals surface area contributed by atoms with E-state index in [9.17, 15) is 9.59 Å². The molecule has 62 valence electrons. The number of methoxy groups -OCH3 is 1. The van der Waals surface area contributed by atoms with Crippen molar-refractivity contribution in [1.29, 1.82) is 0 Å². The average molecular weight is 158 g/mol. The minimum absolute atomic E-state index is 0.0529. The zero-order valence-electron chi connectivity index (χ0n) is 6.24. The molecule has 1 rings (SSSR count). The summed E-state index contributed by atoms with van der Waals surface area (Å²) in [5.74, 6) is -1.28. The van der Waals surface area contributed by atoms with Crippen molar-refractivity contribution in [3.05, 3.63) is 0 Å². The second kappa shape index (κ2) is 3.00. The summed E-state index contributed by atoms with van der Waals surface area (Å²) in [6.07, 6.45) is -0.186. The summed E-state index contributed by atoms with van der Waals surface area (Å²) in [7, 11) is 1.19. The van der Waals surface area contributed by atoms with E-state index in [1.807, 2.05) is 0 Å². The van der Waals surface area contributed by atoms with Gasteiger partial charge in [0.25, 0.3) is 0 Å². The van der Waals surface area contributed by atoms with Crippen molar-refractivity contribution in [2.24, 2.45) is 5.92 Å². The molecule has 4 heteroatoms. The number of rotatable bonds is 2. The van der Waals surface area contributed by atoms with E-state index < -0.39 is 18.0 Å². The fourth-order valence-electron chi connectivity index (χ4n) is 1.05. The van der Waals surface area contributed by atoms with Gasteiger partial charge in [0.1, 0.15) is 5.78 Å². The van der Waals surface area contributed by atoms with Gasteiger partial charge in [-0.05, 0) is 6.42 Å². The maximum absolute atomic E-state index is 10.7. The Balaban J connectivity index is 2.47. The van der Waals surface area contributed by atoms with Crippen molar-refractivity contribution in [3.63, 3.8) is 0 Å². The minimum Gasteiger partial charge on any atom is -0.467 e. The average Bonchev–Trinajstić information content (AvgIpc) is 2.00. The number of carbonyl (C=O) groups is 2. The molecule has 0 aromatic carbocycles. The standard InChI is InChI=1S/C7H10O4/c1-11-7(10)6(9)4-2-3-5(4)8/h4,6,9H,2-3H2,1H3/t4-,6-/m1/s1. The quantitative estimate of drug-likeness (QED) is 0.550. The van der Waals surface area contributed by atoms with Crippen LogP contribution in [0, 0.1) is 5.92 Å². The van der Waals surface area contributed by atoms with E-state index in [-0.39, 0.29) is 5.78 Å². The number of hydrogen-bond acceptors (Lipinski definition) is 4. The van der Waals surface area contributed by atoms with E-state index in [4.69, 9.17) is 5.11 Å². The molecule has 0 radical (unpaired) electrons. The Kier molecular flexibility index (Phi) is 2.24. The molecule has 0 bridgehead atoms. The van der Waals surface area contributed by atoms with Gasteiger partial charge < -0.3 is 9.84 Å². The minimum atomic E-state index is -1.25. The topological polar surface area (TPSA) is 63.6 Å². The van der Waals surface area contributed by atoms with Gasteiger partial charge in [0, 0.05) is 6.42 Å². The summed E-state index contributed by atoms with van der Waals surface area (Å²) < 4.78 is 4.28. The highest BCUT2D eigenvalue weighted by Crippen LogP contribution is 2.26. The maximum Gasteiger partial charge on any atom is 0.335 e. The molecule has 4 nitrogen and oxygen atoms in total. The summed E-state index contributed by atoms with van der Waals surface area (Å²) in [5.41, 5.74) is 0. The molecule has 0 aromatic heterocycles. The molecule has 11 heavy (non-hydrogen) atoms. The number of carbonyl (C=O) groups excluding carboxylic acids is 2. The van der Waals surface area contributed by atoms with E-state index in [0.717, 1.165) is 0 Å². The lowest BCUT2D eigenvalue weighted by molar-refractivity contribution is -0.159. The van der Waals surface area contributed by atoms with Crippen LogP contribution in [0.1, 0.15) is 12.8 Å². The first-order chi connectivity index (χ1) is 5.16. The summed E-state index contributed by atoms with van der Waals surface area (Å²) >= 11 is 0. The third-order valence-corrected chi connectivity index (χ3v) is 1.94. The zero-order valence-corrected chi connectivity index (χ0v) is 6.24. The van der Waals surface area contributed by atoms with Crippen molar-refractivity contribution >= 4 is 11.8 Å². The molecule has 0 aromatic rings. The molecule has 0 unspecified atom stereocenters. The number of Topliss-reactive ketones (excluding diaryl/α,β-unsaturated/α-hetero) is 1. The van der Waals surface area contributed by atoms with Crippen LogP contribution in [0.3, 0.4) is 0 Å². The molecular formula is C7H10O4. The number of ketones is 1. The molecule has 0 amide bonds. The Morgan fingerprint density at radius 2 is 2.45 bits per heavy atom. The van der Waals surface area contributed by atoms with Gasteiger partial charge >= 0.3 is 5.97 Å². The predicted octanol–water partition coefficient (Wildman–Crippen LogP) is -0.501. The largest absolute Gasteiger partial charge is 0.467 e. The third-order valence-electron chi connectivity index (χ3n) is 1.94. The van der Waals surface area contributed by atoms with Crippen LogP contribution in [0.2, 0.25) is 0 Å². The van der Waals surface area contributed by atoms with Gasteiger partial charge in [-0.3, -0.25) is 4.79 Å². The van der Waals surface area contributed by atoms with Crippen molar-refractivity contribution < 1.29 is 19.4 Å². The van der Waals surface area contributed by atoms with Gasteiger partial charge in [0.15, 0.2) is 6.10 Å². The highest BCUT2D eigenvalue weighted by molar-refractivity contribution is 5.92. The molecule has 0 saturated heterocycles. The maximum atomic E-state index is 10.7. The second-order valence-corrected chi connectivity index (χ2v) is 2.58. The monoisotopic (exact) mass is 158 g/mol. The number of aliphatic hydroxyl groups excluding tert-OH is 1. The van der Waals surface area contributed by atoms with Crippen LogP contribution in [0.4, 0.5) is 0 Å². The summed E-state index contributed by atoms with van der Waals surface area (Å²) in [6, 6.07) is 0. The van der Waals surface area contributed by atoms with E-state index in [0.29, 0.717) is 12.8 Å². The molecule has 1 aliphatic carbocycles. The highest BCUT2D eigenvalue weighted by atomic mass is 16.5. The van der Waals surface area contributed by atoms with Crippen molar-refractivity contribution in [1.82, 2.24) is 0 Å². The molecule has 0 heterocycles. The third kappa shape index (κ3) is 1.40. The molecule has 0 spiro atoms. The second-order valence-electron chi connectivity index (χ2n) is 2.58. The van der Waals surface area contributed by atoms with Gasteiger partial charge in [-0.2, -0.15) is 0 Å². The van der Waals surface area contributed by atoms with Gasteiger partial charge in [-0.15, -0.1) is 0 Å². The van der Waals surface area contributed by atoms with E-state index in [1.165, 1.54) is 7.11 Å². The van der Waals surface area contributed by atoms with Crippen LogP contribution >= 0.6 is 0 Å². The Hall–Kier alpha value is -0.900. The van der Waals surface area contributed by atoms with Gasteiger partial charge in [-0.25, -0.2) is 4.79 Å². The number of esters is 1. The highest BCUT2D eigenvalue weighted by Gasteiger charge is 2.38. The Morgan fingerprint density at radius 1 is 1.82 bits per heavy atom. The van der Waals surface area contributed by atoms with Crippen LogP contribution in [0.25, 0.3) is 0 Å². The first-order valence-electron chi connectivity index (χ1n) is 3.45. The first kappa shape index (κ1) is 8.20. The lowest BCUT2D eigenvalue weighted by Gasteiger charge is -2.26. The first-order valence-corrected chi connectivity index (χ1v) is 3.45. The Labute approximate surface area is 64.2 Å². The lowest BCUT2D eigenvalue weighted by atomic mass is 9.80. The zero-order chi connectivity index (χ0) is 8.43. The van der Waals surface area contributed by atoms with Crippen molar-refractivity contribution in [2.75, 3.05) is 7.11 Å². The van der Waals surface area contributed by atoms with Crippen LogP contribution < -0.4 is 0 Å². The molecule has 1 saturated carbocycles. The predicted molar refractivity (Wildman–Crippen MR) is 35.8 cm³/mol. The van der Waals surface area contributed by atoms with Gasteiger partial charge in [0.2, 0.25) is 0 Å². The van der Waals surface area contributed by atoms with Crippen molar-refractivity contribution in [3.8, 4) is 0 Å². The lowest BCUT2D eigenvalue weighted by Crippen LogP contribution is -2.41. The molecular weight excluding hydrogens is 148 g/mol. The summed E-state index contributed by atoms with van der Waals surface area (Å²) in [5, 5.41) is 9.11. The Morgan fingerprint density at radius 3 is 2.73 bits per heavy atom. The molecule has 1 fully saturated rings. The number of hydrogen-bond donors (Lipinski definition) is 1. The summed E-state index contributed by atoms with van der Waals surface area (Å²) in [4.78, 5) is 21.4. The van der Waals surface area contributed by atoms with Gasteiger partial charge in [0.05, 0.1) is 13.0 Å². The smallest absolute Gasteiger partial charge is 0.335 e. The normalized spacial score (nSPS) is 25.6. The SMILES string of the molecule is COC(=O)[C@H](O)[C@@H]1CCC1=O. The van der Waals surface area contributed by atoms with Crippen molar-refractivity contribution in [2.45, 2.75) is 18.9 Å². The van der Waals surface area contributed by atoms with Crippen LogP contribution in [0.5, 0.6) is 0 Å². The fourth-order valence-corrected chi connectivity index (χ4v) is 1.05. The Bertz CT molecular complexity index is 187. The number of aliphatic hydroxyl groups is 1. The van der Waals surface area contributed by atoms with Crippen LogP contribution in [-0.4, -0.2) is 30.1 Å². The van der Waals surface area contributed by atoms with E-state index >= 15 is 0 Å².